The van der Waals surface area contributed by atoms with Crippen LogP contribution in [0.25, 0.3) is 0 Å². The predicted molar refractivity (Wildman–Crippen MR) is 101 cm³/mol. The predicted octanol–water partition coefficient (Wildman–Crippen LogP) is 2.48. The average molecular weight is 384 g/mol. The van der Waals surface area contributed by atoms with Gasteiger partial charge in [-0.3, -0.25) is 9.88 Å². The summed E-state index contributed by atoms with van der Waals surface area (Å²) in [5.74, 6) is 0.594. The second-order valence-corrected chi connectivity index (χ2v) is 7.31. The van der Waals surface area contributed by atoms with Gasteiger partial charge < -0.3 is 19.3 Å². The first-order chi connectivity index (χ1) is 13.6. The third kappa shape index (κ3) is 3.55. The molecule has 7 heteroatoms. The third-order valence-corrected chi connectivity index (χ3v) is 5.47. The minimum absolute atomic E-state index is 0.219. The molecule has 0 spiro atoms. The second kappa shape index (κ2) is 7.77. The van der Waals surface area contributed by atoms with E-state index in [1.54, 1.807) is 30.5 Å². The van der Waals surface area contributed by atoms with Crippen LogP contribution in [0.15, 0.2) is 48.8 Å². The Bertz CT molecular complexity index is 815. The molecule has 2 aliphatic heterocycles. The van der Waals surface area contributed by atoms with Crippen LogP contribution in [0.4, 0.5) is 4.79 Å². The Morgan fingerprint density at radius 2 is 1.96 bits per heavy atom. The largest absolute Gasteiger partial charge is 0.496 e. The molecular formula is C21H24N2O5. The minimum atomic E-state index is -1.13. The number of benzene rings is 1. The Kier molecular flexibility index (Phi) is 5.19. The van der Waals surface area contributed by atoms with Gasteiger partial charge in [-0.05, 0) is 11.6 Å². The Morgan fingerprint density at radius 1 is 1.25 bits per heavy atom. The van der Waals surface area contributed by atoms with Crippen LogP contribution < -0.4 is 4.74 Å². The number of nitrogens with zero attached hydrogens (tertiary/aromatic N) is 2. The average Bonchev–Trinajstić information content (AvgIpc) is 2.72. The molecule has 7 nitrogen and oxygen atoms in total. The lowest BCUT2D eigenvalue weighted by Gasteiger charge is -2.50. The van der Waals surface area contributed by atoms with Crippen molar-refractivity contribution in [3.05, 3.63) is 59.9 Å². The highest BCUT2D eigenvalue weighted by molar-refractivity contribution is 5.69. The normalized spacial score (nSPS) is 26.6. The quantitative estimate of drug-likeness (QED) is 0.872. The van der Waals surface area contributed by atoms with E-state index in [0.717, 1.165) is 5.56 Å². The first-order valence-electron chi connectivity index (χ1n) is 9.38. The van der Waals surface area contributed by atoms with Gasteiger partial charge in [0.1, 0.15) is 12.4 Å². The van der Waals surface area contributed by atoms with Gasteiger partial charge in [0.15, 0.2) is 0 Å². The van der Waals surface area contributed by atoms with E-state index in [0.29, 0.717) is 37.4 Å². The van der Waals surface area contributed by atoms with Crippen molar-refractivity contribution in [2.45, 2.75) is 37.1 Å². The molecule has 1 aromatic carbocycles. The van der Waals surface area contributed by atoms with Gasteiger partial charge in [0.2, 0.25) is 0 Å². The van der Waals surface area contributed by atoms with E-state index in [1.807, 2.05) is 30.3 Å². The van der Waals surface area contributed by atoms with Gasteiger partial charge in [0.05, 0.1) is 38.0 Å². The number of fused-ring (bicyclic) bond motifs is 2. The monoisotopic (exact) mass is 384 g/mol. The smallest absolute Gasteiger partial charge is 0.410 e. The molecule has 3 heterocycles. The Morgan fingerprint density at radius 3 is 2.64 bits per heavy atom. The molecule has 2 aromatic rings. The molecule has 0 aliphatic carbocycles. The zero-order valence-corrected chi connectivity index (χ0v) is 15.8. The maximum absolute atomic E-state index is 12.8. The number of piperidine rings is 1. The SMILES string of the molecule is COc1ccncc1C1(O)CC2COCC(C1)N2C(=O)OCc1ccccc1. The summed E-state index contributed by atoms with van der Waals surface area (Å²) < 4.78 is 16.6. The zero-order chi connectivity index (χ0) is 19.6. The van der Waals surface area contributed by atoms with E-state index in [-0.39, 0.29) is 24.8 Å². The van der Waals surface area contributed by atoms with E-state index in [2.05, 4.69) is 4.98 Å². The number of hydrogen-bond acceptors (Lipinski definition) is 6. The lowest BCUT2D eigenvalue weighted by Crippen LogP contribution is -2.62. The van der Waals surface area contributed by atoms with Gasteiger partial charge >= 0.3 is 6.09 Å². The summed E-state index contributed by atoms with van der Waals surface area (Å²) in [5.41, 5.74) is 0.451. The lowest BCUT2D eigenvalue weighted by atomic mass is 9.77. The molecule has 2 bridgehead atoms. The molecule has 1 amide bonds. The molecule has 4 rings (SSSR count). The van der Waals surface area contributed by atoms with Crippen LogP contribution in [-0.2, 0) is 21.7 Å². The number of hydrogen-bond donors (Lipinski definition) is 1. The van der Waals surface area contributed by atoms with Crippen molar-refractivity contribution in [2.24, 2.45) is 0 Å². The first kappa shape index (κ1) is 18.7. The number of ether oxygens (including phenoxy) is 3. The summed E-state index contributed by atoms with van der Waals surface area (Å²) in [5, 5.41) is 11.4. The number of aliphatic hydroxyl groups is 1. The van der Waals surface area contributed by atoms with Crippen LogP contribution in [0, 0.1) is 0 Å². The van der Waals surface area contributed by atoms with Crippen LogP contribution in [-0.4, -0.2) is 53.5 Å². The minimum Gasteiger partial charge on any atom is -0.496 e. The number of carbonyl (C=O) groups is 1. The highest BCUT2D eigenvalue weighted by Crippen LogP contribution is 2.43. The van der Waals surface area contributed by atoms with Crippen LogP contribution in [0.5, 0.6) is 5.75 Å². The number of pyridine rings is 1. The molecule has 0 saturated carbocycles. The van der Waals surface area contributed by atoms with Crippen molar-refractivity contribution < 1.29 is 24.1 Å². The van der Waals surface area contributed by atoms with Crippen LogP contribution in [0.3, 0.4) is 0 Å². The van der Waals surface area contributed by atoms with Crippen molar-refractivity contribution in [3.63, 3.8) is 0 Å². The van der Waals surface area contributed by atoms with E-state index < -0.39 is 5.60 Å². The van der Waals surface area contributed by atoms with Crippen molar-refractivity contribution in [3.8, 4) is 5.75 Å². The molecule has 2 fully saturated rings. The van der Waals surface area contributed by atoms with Gasteiger partial charge in [0.25, 0.3) is 0 Å². The van der Waals surface area contributed by atoms with Crippen LogP contribution in [0.2, 0.25) is 0 Å². The lowest BCUT2D eigenvalue weighted by molar-refractivity contribution is -0.137. The molecule has 2 atom stereocenters. The van der Waals surface area contributed by atoms with E-state index in [9.17, 15) is 9.90 Å². The second-order valence-electron chi connectivity index (χ2n) is 7.31. The molecule has 1 aromatic heterocycles. The van der Waals surface area contributed by atoms with Crippen molar-refractivity contribution in [2.75, 3.05) is 20.3 Å². The summed E-state index contributed by atoms with van der Waals surface area (Å²) in [4.78, 5) is 18.7. The topological polar surface area (TPSA) is 81.1 Å². The number of methoxy groups -OCH3 is 1. The van der Waals surface area contributed by atoms with Crippen molar-refractivity contribution >= 4 is 6.09 Å². The van der Waals surface area contributed by atoms with Gasteiger partial charge in [0, 0.05) is 30.8 Å². The summed E-state index contributed by atoms with van der Waals surface area (Å²) in [6.07, 6.45) is 3.57. The fraction of sp³-hybridized carbons (Fsp3) is 0.429. The number of morpholine rings is 1. The van der Waals surface area contributed by atoms with Gasteiger partial charge in [-0.25, -0.2) is 4.79 Å². The van der Waals surface area contributed by atoms with E-state index in [4.69, 9.17) is 14.2 Å². The summed E-state index contributed by atoms with van der Waals surface area (Å²) in [7, 11) is 1.57. The molecule has 2 unspecified atom stereocenters. The van der Waals surface area contributed by atoms with Gasteiger partial charge in [-0.1, -0.05) is 30.3 Å². The fourth-order valence-electron chi connectivity index (χ4n) is 4.20. The highest BCUT2D eigenvalue weighted by Gasteiger charge is 2.50. The standard InChI is InChI=1S/C21H24N2O5/c1-26-19-7-8-22-11-18(19)21(25)9-16-13-27-14-17(10-21)23(16)20(24)28-12-15-5-3-2-4-6-15/h2-8,11,16-17,25H,9-10,12-14H2,1H3. The van der Waals surface area contributed by atoms with E-state index >= 15 is 0 Å². The van der Waals surface area contributed by atoms with Crippen molar-refractivity contribution in [1.29, 1.82) is 0 Å². The third-order valence-electron chi connectivity index (χ3n) is 5.47. The zero-order valence-electron chi connectivity index (χ0n) is 15.8. The molecule has 2 saturated heterocycles. The first-order valence-corrected chi connectivity index (χ1v) is 9.38. The summed E-state index contributed by atoms with van der Waals surface area (Å²) in [6, 6.07) is 10.8. The molecule has 1 N–H and O–H groups in total. The molecule has 28 heavy (non-hydrogen) atoms. The Hall–Kier alpha value is -2.64. The molecular weight excluding hydrogens is 360 g/mol. The summed E-state index contributed by atoms with van der Waals surface area (Å²) in [6.45, 7) is 0.945. The fourth-order valence-corrected chi connectivity index (χ4v) is 4.20. The number of aromatic nitrogens is 1. The van der Waals surface area contributed by atoms with Gasteiger partial charge in [-0.15, -0.1) is 0 Å². The molecule has 2 aliphatic rings. The van der Waals surface area contributed by atoms with Crippen LogP contribution >= 0.6 is 0 Å². The molecule has 148 valence electrons. The van der Waals surface area contributed by atoms with Gasteiger partial charge in [-0.2, -0.15) is 0 Å². The maximum Gasteiger partial charge on any atom is 0.410 e. The van der Waals surface area contributed by atoms with Crippen molar-refractivity contribution in [1.82, 2.24) is 9.88 Å². The number of rotatable bonds is 4. The maximum atomic E-state index is 12.8. The highest BCUT2D eigenvalue weighted by atomic mass is 16.6. The van der Waals surface area contributed by atoms with Crippen LogP contribution in [0.1, 0.15) is 24.0 Å². The summed E-state index contributed by atoms with van der Waals surface area (Å²) >= 11 is 0. The Labute approximate surface area is 163 Å². The number of carbonyl (C=O) groups excluding carboxylic acids is 1. The molecule has 0 radical (unpaired) electrons. The Balaban J connectivity index is 1.51. The number of amides is 1. The van der Waals surface area contributed by atoms with E-state index in [1.165, 1.54) is 0 Å².